The second-order valence-corrected chi connectivity index (χ2v) is 5.31. The summed E-state index contributed by atoms with van der Waals surface area (Å²) in [7, 11) is 0. The molecule has 1 heterocycles. The van der Waals surface area contributed by atoms with E-state index in [1.54, 1.807) is 23.5 Å². The minimum atomic E-state index is -0.940. The van der Waals surface area contributed by atoms with E-state index in [0.29, 0.717) is 18.4 Å². The maximum Gasteiger partial charge on any atom is 0.123 e. The summed E-state index contributed by atoms with van der Waals surface area (Å²) in [4.78, 5) is 0. The van der Waals surface area contributed by atoms with E-state index in [4.69, 9.17) is 0 Å². The van der Waals surface area contributed by atoms with E-state index in [1.807, 2.05) is 12.3 Å². The van der Waals surface area contributed by atoms with E-state index >= 15 is 0 Å². The SMILES string of the molecule is CCC(O)(CCc1ccsc1)c1cccc(F)c1. The highest BCUT2D eigenvalue weighted by atomic mass is 32.1. The van der Waals surface area contributed by atoms with Crippen LogP contribution in [0.4, 0.5) is 4.39 Å². The van der Waals surface area contributed by atoms with Gasteiger partial charge in [0.2, 0.25) is 0 Å². The fourth-order valence-corrected chi connectivity index (χ4v) is 2.79. The molecule has 3 heteroatoms. The monoisotopic (exact) mass is 264 g/mol. The van der Waals surface area contributed by atoms with E-state index in [2.05, 4.69) is 11.4 Å². The smallest absolute Gasteiger partial charge is 0.123 e. The Labute approximate surface area is 111 Å². The third-order valence-electron chi connectivity index (χ3n) is 3.35. The van der Waals surface area contributed by atoms with Gasteiger partial charge >= 0.3 is 0 Å². The molecule has 1 aromatic carbocycles. The molecular weight excluding hydrogens is 247 g/mol. The third-order valence-corrected chi connectivity index (χ3v) is 4.09. The Morgan fingerprint density at radius 1 is 1.33 bits per heavy atom. The number of hydrogen-bond donors (Lipinski definition) is 1. The summed E-state index contributed by atoms with van der Waals surface area (Å²) < 4.78 is 13.2. The zero-order valence-corrected chi connectivity index (χ0v) is 11.2. The highest BCUT2D eigenvalue weighted by Gasteiger charge is 2.27. The Morgan fingerprint density at radius 2 is 2.17 bits per heavy atom. The molecule has 1 nitrogen and oxygen atoms in total. The van der Waals surface area contributed by atoms with Crippen LogP contribution >= 0.6 is 11.3 Å². The van der Waals surface area contributed by atoms with Crippen LogP contribution in [0, 0.1) is 5.82 Å². The quantitative estimate of drug-likeness (QED) is 0.861. The van der Waals surface area contributed by atoms with Crippen molar-refractivity contribution in [3.05, 3.63) is 58.0 Å². The minimum Gasteiger partial charge on any atom is -0.385 e. The summed E-state index contributed by atoms with van der Waals surface area (Å²) in [6, 6.07) is 8.33. The van der Waals surface area contributed by atoms with Gasteiger partial charge in [-0.05, 0) is 59.3 Å². The van der Waals surface area contributed by atoms with Gasteiger partial charge in [0, 0.05) is 0 Å². The summed E-state index contributed by atoms with van der Waals surface area (Å²) in [6.07, 6.45) is 2.01. The lowest BCUT2D eigenvalue weighted by atomic mass is 9.86. The van der Waals surface area contributed by atoms with Crippen LogP contribution in [0.5, 0.6) is 0 Å². The van der Waals surface area contributed by atoms with Crippen molar-refractivity contribution >= 4 is 11.3 Å². The van der Waals surface area contributed by atoms with Crippen LogP contribution < -0.4 is 0 Å². The fourth-order valence-electron chi connectivity index (χ4n) is 2.09. The summed E-state index contributed by atoms with van der Waals surface area (Å²) in [5.74, 6) is -0.296. The maximum atomic E-state index is 13.2. The largest absolute Gasteiger partial charge is 0.385 e. The van der Waals surface area contributed by atoms with E-state index in [0.717, 1.165) is 6.42 Å². The first-order chi connectivity index (χ1) is 8.64. The van der Waals surface area contributed by atoms with Crippen LogP contribution in [0.25, 0.3) is 0 Å². The lowest BCUT2D eigenvalue weighted by Crippen LogP contribution is -2.25. The summed E-state index contributed by atoms with van der Waals surface area (Å²) in [6.45, 7) is 1.93. The molecule has 0 amide bonds. The van der Waals surface area contributed by atoms with Gasteiger partial charge < -0.3 is 5.11 Å². The highest BCUT2D eigenvalue weighted by molar-refractivity contribution is 7.07. The van der Waals surface area contributed by atoms with Crippen molar-refractivity contribution < 1.29 is 9.50 Å². The van der Waals surface area contributed by atoms with Crippen molar-refractivity contribution in [3.63, 3.8) is 0 Å². The molecule has 0 fully saturated rings. The Hall–Kier alpha value is -1.19. The second kappa shape index (κ2) is 5.63. The Balaban J connectivity index is 2.14. The number of aryl methyl sites for hydroxylation is 1. The molecule has 2 aromatic rings. The topological polar surface area (TPSA) is 20.2 Å². The first-order valence-corrected chi connectivity index (χ1v) is 7.08. The molecule has 1 atom stereocenters. The van der Waals surface area contributed by atoms with Crippen molar-refractivity contribution in [1.29, 1.82) is 0 Å². The molecule has 0 spiro atoms. The standard InChI is InChI=1S/C15H17FOS/c1-2-15(17,8-6-12-7-9-18-11-12)13-4-3-5-14(16)10-13/h3-5,7,9-11,17H,2,6,8H2,1H3. The van der Waals surface area contributed by atoms with Crippen LogP contribution in [-0.2, 0) is 12.0 Å². The van der Waals surface area contributed by atoms with E-state index in [9.17, 15) is 9.50 Å². The number of benzene rings is 1. The van der Waals surface area contributed by atoms with Gasteiger partial charge in [0.1, 0.15) is 5.82 Å². The van der Waals surface area contributed by atoms with Crippen molar-refractivity contribution in [1.82, 2.24) is 0 Å². The van der Waals surface area contributed by atoms with Gasteiger partial charge in [-0.2, -0.15) is 11.3 Å². The van der Waals surface area contributed by atoms with E-state index in [-0.39, 0.29) is 5.82 Å². The van der Waals surface area contributed by atoms with Gasteiger partial charge in [-0.25, -0.2) is 4.39 Å². The molecule has 0 saturated carbocycles. The van der Waals surface area contributed by atoms with E-state index < -0.39 is 5.60 Å². The predicted molar refractivity (Wildman–Crippen MR) is 73.2 cm³/mol. The fraction of sp³-hybridized carbons (Fsp3) is 0.333. The van der Waals surface area contributed by atoms with Crippen LogP contribution in [-0.4, -0.2) is 5.11 Å². The van der Waals surface area contributed by atoms with Gasteiger partial charge in [0.05, 0.1) is 5.60 Å². The Morgan fingerprint density at radius 3 is 2.78 bits per heavy atom. The van der Waals surface area contributed by atoms with Gasteiger partial charge in [0.15, 0.2) is 0 Å². The Bertz CT molecular complexity index is 495. The zero-order valence-electron chi connectivity index (χ0n) is 10.4. The van der Waals surface area contributed by atoms with Gasteiger partial charge in [0.25, 0.3) is 0 Å². The molecule has 1 aromatic heterocycles. The number of thiophene rings is 1. The molecule has 1 N–H and O–H groups in total. The second-order valence-electron chi connectivity index (χ2n) is 4.53. The number of rotatable bonds is 5. The number of halogens is 1. The van der Waals surface area contributed by atoms with E-state index in [1.165, 1.54) is 17.7 Å². The zero-order chi connectivity index (χ0) is 13.0. The predicted octanol–water partition coefficient (Wildman–Crippen LogP) is 4.12. The average Bonchev–Trinajstić information content (AvgIpc) is 2.89. The molecular formula is C15H17FOS. The van der Waals surface area contributed by atoms with Crippen LogP contribution in [0.3, 0.4) is 0 Å². The van der Waals surface area contributed by atoms with Crippen molar-refractivity contribution in [3.8, 4) is 0 Å². The summed E-state index contributed by atoms with van der Waals surface area (Å²) in [5.41, 5.74) is 0.952. The minimum absolute atomic E-state index is 0.296. The number of hydrogen-bond acceptors (Lipinski definition) is 2. The van der Waals surface area contributed by atoms with Crippen molar-refractivity contribution in [2.45, 2.75) is 31.8 Å². The lowest BCUT2D eigenvalue weighted by molar-refractivity contribution is 0.0233. The van der Waals surface area contributed by atoms with Gasteiger partial charge in [-0.15, -0.1) is 0 Å². The summed E-state index contributed by atoms with van der Waals surface area (Å²) >= 11 is 1.65. The molecule has 1 unspecified atom stereocenters. The van der Waals surface area contributed by atoms with Crippen LogP contribution in [0.2, 0.25) is 0 Å². The van der Waals surface area contributed by atoms with Gasteiger partial charge in [-0.3, -0.25) is 0 Å². The normalized spacial score (nSPS) is 14.4. The van der Waals surface area contributed by atoms with Gasteiger partial charge in [-0.1, -0.05) is 19.1 Å². The van der Waals surface area contributed by atoms with Crippen LogP contribution in [0.1, 0.15) is 30.9 Å². The molecule has 0 radical (unpaired) electrons. The summed E-state index contributed by atoms with van der Waals surface area (Å²) in [5, 5.41) is 14.8. The average molecular weight is 264 g/mol. The Kier molecular flexibility index (Phi) is 4.15. The first-order valence-electron chi connectivity index (χ1n) is 6.13. The van der Waals surface area contributed by atoms with Crippen LogP contribution in [0.15, 0.2) is 41.1 Å². The third kappa shape index (κ3) is 2.98. The first kappa shape index (κ1) is 13.2. The lowest BCUT2D eigenvalue weighted by Gasteiger charge is -2.27. The molecule has 2 rings (SSSR count). The number of aliphatic hydroxyl groups is 1. The van der Waals surface area contributed by atoms with Crippen molar-refractivity contribution in [2.75, 3.05) is 0 Å². The molecule has 18 heavy (non-hydrogen) atoms. The molecule has 0 aliphatic heterocycles. The molecule has 0 aliphatic rings. The molecule has 0 aliphatic carbocycles. The molecule has 0 bridgehead atoms. The highest BCUT2D eigenvalue weighted by Crippen LogP contribution is 2.30. The van der Waals surface area contributed by atoms with Crippen molar-refractivity contribution in [2.24, 2.45) is 0 Å². The molecule has 96 valence electrons. The maximum absolute atomic E-state index is 13.2. The molecule has 0 saturated heterocycles.